The molecule has 2 rings (SSSR count). The molecule has 20 heavy (non-hydrogen) atoms. The SMILES string of the molecule is Cc1ccc(O)c(C(C)Nc2cc(Cl)c(C)cc2Br)c1. The van der Waals surface area contributed by atoms with Crippen LogP contribution in [0.5, 0.6) is 5.75 Å². The number of aryl methyl sites for hydroxylation is 2. The van der Waals surface area contributed by atoms with Gasteiger partial charge in [-0.05, 0) is 60.5 Å². The number of hydrogen-bond donors (Lipinski definition) is 2. The van der Waals surface area contributed by atoms with Gasteiger partial charge in [0.2, 0.25) is 0 Å². The second kappa shape index (κ2) is 6.06. The zero-order valence-electron chi connectivity index (χ0n) is 11.7. The van der Waals surface area contributed by atoms with Gasteiger partial charge in [-0.1, -0.05) is 29.3 Å². The minimum absolute atomic E-state index is 0.0232. The van der Waals surface area contributed by atoms with Gasteiger partial charge in [0.15, 0.2) is 0 Å². The molecule has 1 atom stereocenters. The van der Waals surface area contributed by atoms with Gasteiger partial charge < -0.3 is 10.4 Å². The minimum atomic E-state index is -0.0232. The Morgan fingerprint density at radius 2 is 1.90 bits per heavy atom. The second-order valence-corrected chi connectivity index (χ2v) is 6.27. The highest BCUT2D eigenvalue weighted by atomic mass is 79.9. The maximum atomic E-state index is 9.97. The van der Waals surface area contributed by atoms with Gasteiger partial charge in [-0.2, -0.15) is 0 Å². The fourth-order valence-electron chi connectivity index (χ4n) is 2.09. The number of phenolic OH excluding ortho intramolecular Hbond substituents is 1. The first-order valence-corrected chi connectivity index (χ1v) is 7.57. The maximum absolute atomic E-state index is 9.97. The highest BCUT2D eigenvalue weighted by molar-refractivity contribution is 9.10. The molecule has 2 aromatic rings. The van der Waals surface area contributed by atoms with Crippen molar-refractivity contribution in [2.75, 3.05) is 5.32 Å². The van der Waals surface area contributed by atoms with Crippen molar-refractivity contribution in [1.29, 1.82) is 0 Å². The molecule has 0 amide bonds. The summed E-state index contributed by atoms with van der Waals surface area (Å²) in [4.78, 5) is 0. The van der Waals surface area contributed by atoms with E-state index in [9.17, 15) is 5.11 Å². The molecule has 2 aromatic carbocycles. The number of nitrogens with one attached hydrogen (secondary N) is 1. The number of aromatic hydroxyl groups is 1. The maximum Gasteiger partial charge on any atom is 0.120 e. The summed E-state index contributed by atoms with van der Waals surface area (Å²) >= 11 is 9.69. The van der Waals surface area contributed by atoms with Crippen LogP contribution in [0.1, 0.15) is 29.7 Å². The van der Waals surface area contributed by atoms with Gasteiger partial charge in [0.1, 0.15) is 5.75 Å². The second-order valence-electron chi connectivity index (χ2n) is 5.01. The molecule has 0 saturated heterocycles. The molecule has 0 aromatic heterocycles. The Morgan fingerprint density at radius 3 is 2.60 bits per heavy atom. The first-order valence-electron chi connectivity index (χ1n) is 6.40. The van der Waals surface area contributed by atoms with Crippen molar-refractivity contribution in [3.63, 3.8) is 0 Å². The van der Waals surface area contributed by atoms with E-state index in [-0.39, 0.29) is 6.04 Å². The van der Waals surface area contributed by atoms with E-state index in [2.05, 4.69) is 21.2 Å². The fraction of sp³-hybridized carbons (Fsp3) is 0.250. The molecular weight excluding hydrogens is 338 g/mol. The van der Waals surface area contributed by atoms with E-state index in [1.807, 2.05) is 45.0 Å². The topological polar surface area (TPSA) is 32.3 Å². The van der Waals surface area contributed by atoms with E-state index in [0.717, 1.165) is 31.9 Å². The molecule has 2 N–H and O–H groups in total. The number of benzene rings is 2. The van der Waals surface area contributed by atoms with Crippen molar-refractivity contribution in [3.05, 3.63) is 56.5 Å². The monoisotopic (exact) mass is 353 g/mol. The van der Waals surface area contributed by atoms with Crippen LogP contribution in [0.4, 0.5) is 5.69 Å². The number of hydrogen-bond acceptors (Lipinski definition) is 2. The van der Waals surface area contributed by atoms with Crippen LogP contribution in [-0.2, 0) is 0 Å². The molecule has 1 unspecified atom stereocenters. The zero-order chi connectivity index (χ0) is 14.9. The molecule has 0 bridgehead atoms. The summed E-state index contributed by atoms with van der Waals surface area (Å²) in [6, 6.07) is 9.45. The third-order valence-corrected chi connectivity index (χ3v) is 4.33. The number of phenols is 1. The van der Waals surface area contributed by atoms with E-state index >= 15 is 0 Å². The Hall–Kier alpha value is -1.19. The van der Waals surface area contributed by atoms with Crippen molar-refractivity contribution in [2.24, 2.45) is 0 Å². The predicted octanol–water partition coefficient (Wildman–Crippen LogP) is 5.60. The van der Waals surface area contributed by atoms with Crippen LogP contribution in [0.15, 0.2) is 34.8 Å². The van der Waals surface area contributed by atoms with Gasteiger partial charge in [0.05, 0.1) is 11.7 Å². The van der Waals surface area contributed by atoms with E-state index in [1.54, 1.807) is 6.07 Å². The molecule has 2 nitrogen and oxygen atoms in total. The molecule has 0 saturated carbocycles. The predicted molar refractivity (Wildman–Crippen MR) is 88.8 cm³/mol. The van der Waals surface area contributed by atoms with Gasteiger partial charge in [-0.25, -0.2) is 0 Å². The standard InChI is InChI=1S/C16H17BrClNO/c1-9-4-5-16(20)12(6-9)11(3)19-15-8-14(18)10(2)7-13(15)17/h4-8,11,19-20H,1-3H3. The molecule has 0 aliphatic rings. The van der Waals surface area contributed by atoms with Crippen LogP contribution < -0.4 is 5.32 Å². The first kappa shape index (κ1) is 15.2. The van der Waals surface area contributed by atoms with Crippen LogP contribution in [0.3, 0.4) is 0 Å². The van der Waals surface area contributed by atoms with Crippen LogP contribution in [0, 0.1) is 13.8 Å². The van der Waals surface area contributed by atoms with Crippen molar-refractivity contribution in [1.82, 2.24) is 0 Å². The third-order valence-electron chi connectivity index (χ3n) is 3.27. The van der Waals surface area contributed by atoms with Crippen LogP contribution in [0.2, 0.25) is 5.02 Å². The Kier molecular flexibility index (Phi) is 4.61. The molecular formula is C16H17BrClNO. The van der Waals surface area contributed by atoms with Crippen molar-refractivity contribution < 1.29 is 5.11 Å². The Bertz CT molecular complexity index is 643. The Morgan fingerprint density at radius 1 is 1.20 bits per heavy atom. The molecule has 0 fully saturated rings. The minimum Gasteiger partial charge on any atom is -0.508 e. The molecule has 0 aliphatic carbocycles. The van der Waals surface area contributed by atoms with Crippen LogP contribution in [-0.4, -0.2) is 5.11 Å². The lowest BCUT2D eigenvalue weighted by atomic mass is 10.0. The summed E-state index contributed by atoms with van der Waals surface area (Å²) in [5.41, 5.74) is 3.92. The summed E-state index contributed by atoms with van der Waals surface area (Å²) in [6.07, 6.45) is 0. The average Bonchev–Trinajstić information content (AvgIpc) is 2.38. The number of halogens is 2. The molecule has 4 heteroatoms. The van der Waals surface area contributed by atoms with Gasteiger partial charge in [-0.15, -0.1) is 0 Å². The van der Waals surface area contributed by atoms with Gasteiger partial charge in [0.25, 0.3) is 0 Å². The summed E-state index contributed by atoms with van der Waals surface area (Å²) in [6.45, 7) is 5.98. The Labute approximate surface area is 132 Å². The largest absolute Gasteiger partial charge is 0.508 e. The van der Waals surface area contributed by atoms with Gasteiger partial charge in [-0.3, -0.25) is 0 Å². The van der Waals surface area contributed by atoms with E-state index in [1.165, 1.54) is 0 Å². The van der Waals surface area contributed by atoms with E-state index in [4.69, 9.17) is 11.6 Å². The lowest BCUT2D eigenvalue weighted by Gasteiger charge is -2.19. The quantitative estimate of drug-likeness (QED) is 0.752. The van der Waals surface area contributed by atoms with Gasteiger partial charge in [0, 0.05) is 15.1 Å². The third kappa shape index (κ3) is 3.28. The summed E-state index contributed by atoms with van der Waals surface area (Å²) < 4.78 is 0.957. The number of rotatable bonds is 3. The lowest BCUT2D eigenvalue weighted by molar-refractivity contribution is 0.465. The lowest BCUT2D eigenvalue weighted by Crippen LogP contribution is -2.08. The highest BCUT2D eigenvalue weighted by Gasteiger charge is 2.13. The Balaban J connectivity index is 2.30. The summed E-state index contributed by atoms with van der Waals surface area (Å²) in [7, 11) is 0. The van der Waals surface area contributed by atoms with E-state index < -0.39 is 0 Å². The van der Waals surface area contributed by atoms with Crippen LogP contribution in [0.25, 0.3) is 0 Å². The molecule has 0 spiro atoms. The van der Waals surface area contributed by atoms with Crippen LogP contribution >= 0.6 is 27.5 Å². The normalized spacial score (nSPS) is 12.2. The van der Waals surface area contributed by atoms with Gasteiger partial charge >= 0.3 is 0 Å². The highest BCUT2D eigenvalue weighted by Crippen LogP contribution is 2.33. The summed E-state index contributed by atoms with van der Waals surface area (Å²) in [5.74, 6) is 0.296. The summed E-state index contributed by atoms with van der Waals surface area (Å²) in [5, 5.41) is 14.1. The van der Waals surface area contributed by atoms with Crippen molar-refractivity contribution >= 4 is 33.2 Å². The van der Waals surface area contributed by atoms with Crippen molar-refractivity contribution in [3.8, 4) is 5.75 Å². The fourth-order valence-corrected chi connectivity index (χ4v) is 2.82. The zero-order valence-corrected chi connectivity index (χ0v) is 14.0. The number of anilines is 1. The molecule has 0 radical (unpaired) electrons. The smallest absolute Gasteiger partial charge is 0.120 e. The molecule has 106 valence electrons. The first-order chi connectivity index (χ1) is 9.38. The van der Waals surface area contributed by atoms with Crippen molar-refractivity contribution in [2.45, 2.75) is 26.8 Å². The molecule has 0 aliphatic heterocycles. The average molecular weight is 355 g/mol. The van der Waals surface area contributed by atoms with E-state index in [0.29, 0.717) is 5.75 Å². The molecule has 0 heterocycles.